The molecule has 1 aromatic carbocycles. The molecule has 3 nitrogen and oxygen atoms in total. The number of benzene rings is 1. The van der Waals surface area contributed by atoms with Gasteiger partial charge in [-0.25, -0.2) is 0 Å². The predicted molar refractivity (Wildman–Crippen MR) is 70.6 cm³/mol. The van der Waals surface area contributed by atoms with Crippen LogP contribution in [0.1, 0.15) is 37.3 Å². The van der Waals surface area contributed by atoms with Crippen LogP contribution >= 0.6 is 15.9 Å². The molecule has 0 amide bonds. The summed E-state index contributed by atoms with van der Waals surface area (Å²) in [4.78, 5) is 0. The predicted octanol–water partition coefficient (Wildman–Crippen LogP) is 2.73. The van der Waals surface area contributed by atoms with Gasteiger partial charge in [0.25, 0.3) is 0 Å². The number of hydrazine groups is 1. The lowest BCUT2D eigenvalue weighted by molar-refractivity contribution is 0.483. The third-order valence-corrected chi connectivity index (χ3v) is 3.68. The van der Waals surface area contributed by atoms with Gasteiger partial charge in [-0.2, -0.15) is 0 Å². The second kappa shape index (κ2) is 5.17. The van der Waals surface area contributed by atoms with E-state index in [4.69, 9.17) is 11.6 Å². The smallest absolute Gasteiger partial charge is 0.0480 e. The third-order valence-electron chi connectivity index (χ3n) is 3.19. The first-order chi connectivity index (χ1) is 7.70. The Balaban J connectivity index is 2.07. The quantitative estimate of drug-likeness (QED) is 0.442. The van der Waals surface area contributed by atoms with Crippen molar-refractivity contribution in [2.45, 2.75) is 31.7 Å². The lowest BCUT2D eigenvalue weighted by atomic mass is 9.99. The second-order valence-corrected chi connectivity index (χ2v) is 5.43. The normalized spacial score (nSPS) is 17.4. The Kier molecular flexibility index (Phi) is 3.84. The van der Waals surface area contributed by atoms with E-state index in [1.54, 1.807) is 0 Å². The van der Waals surface area contributed by atoms with Gasteiger partial charge in [-0.1, -0.05) is 28.8 Å². The van der Waals surface area contributed by atoms with Crippen LogP contribution in [-0.4, -0.2) is 0 Å². The lowest BCUT2D eigenvalue weighted by Gasteiger charge is -2.18. The van der Waals surface area contributed by atoms with Gasteiger partial charge in [0.2, 0.25) is 0 Å². The van der Waals surface area contributed by atoms with E-state index in [0.717, 1.165) is 28.1 Å². The number of halogens is 1. The Hall–Kier alpha value is -0.580. The Morgan fingerprint density at radius 1 is 1.44 bits per heavy atom. The molecular weight excluding hydrogens is 266 g/mol. The van der Waals surface area contributed by atoms with Crippen molar-refractivity contribution in [3.05, 3.63) is 28.2 Å². The fourth-order valence-corrected chi connectivity index (χ4v) is 2.36. The molecule has 1 aliphatic rings. The van der Waals surface area contributed by atoms with Crippen LogP contribution in [-0.2, 0) is 0 Å². The molecule has 88 valence electrons. The minimum Gasteiger partial charge on any atom is -0.398 e. The van der Waals surface area contributed by atoms with E-state index in [0.29, 0.717) is 0 Å². The zero-order chi connectivity index (χ0) is 11.5. The summed E-state index contributed by atoms with van der Waals surface area (Å²) < 4.78 is 1.04. The Bertz CT molecular complexity index is 363. The van der Waals surface area contributed by atoms with Crippen LogP contribution < -0.4 is 17.0 Å². The van der Waals surface area contributed by atoms with Gasteiger partial charge in [0.05, 0.1) is 0 Å². The van der Waals surface area contributed by atoms with Gasteiger partial charge >= 0.3 is 0 Å². The average molecular weight is 284 g/mol. The van der Waals surface area contributed by atoms with Crippen LogP contribution in [0, 0.1) is 5.92 Å². The number of nitrogen functional groups attached to an aromatic ring is 1. The maximum Gasteiger partial charge on any atom is 0.0480 e. The van der Waals surface area contributed by atoms with E-state index in [1.807, 2.05) is 18.2 Å². The Morgan fingerprint density at radius 3 is 2.81 bits per heavy atom. The second-order valence-electron chi connectivity index (χ2n) is 4.51. The van der Waals surface area contributed by atoms with E-state index in [-0.39, 0.29) is 6.04 Å². The highest BCUT2D eigenvalue weighted by atomic mass is 79.9. The largest absolute Gasteiger partial charge is 0.398 e. The summed E-state index contributed by atoms with van der Waals surface area (Å²) in [6.45, 7) is 0. The molecule has 0 saturated heterocycles. The maximum absolute atomic E-state index is 5.97. The number of nitrogens with two attached hydrogens (primary N) is 2. The number of rotatable bonds is 5. The SMILES string of the molecule is NNC(CCC1CC1)c1cc(Br)ccc1N. The van der Waals surface area contributed by atoms with Gasteiger partial charge in [-0.15, -0.1) is 0 Å². The molecule has 1 aromatic rings. The van der Waals surface area contributed by atoms with E-state index >= 15 is 0 Å². The minimum atomic E-state index is 0.165. The average Bonchev–Trinajstić information content (AvgIpc) is 3.07. The molecule has 0 spiro atoms. The fourth-order valence-electron chi connectivity index (χ4n) is 1.98. The van der Waals surface area contributed by atoms with Gasteiger partial charge in [-0.05, 0) is 42.5 Å². The van der Waals surface area contributed by atoms with E-state index in [2.05, 4.69) is 21.4 Å². The molecule has 0 heterocycles. The molecule has 0 aliphatic heterocycles. The Morgan fingerprint density at radius 2 is 2.19 bits per heavy atom. The summed E-state index contributed by atoms with van der Waals surface area (Å²) in [7, 11) is 0. The maximum atomic E-state index is 5.97. The minimum absolute atomic E-state index is 0.165. The van der Waals surface area contributed by atoms with Gasteiger partial charge in [0, 0.05) is 16.2 Å². The molecule has 1 atom stereocenters. The van der Waals surface area contributed by atoms with Crippen molar-refractivity contribution in [1.29, 1.82) is 0 Å². The first kappa shape index (κ1) is 11.9. The van der Waals surface area contributed by atoms with Crippen molar-refractivity contribution in [2.75, 3.05) is 5.73 Å². The Labute approximate surface area is 105 Å². The molecule has 1 aliphatic carbocycles. The van der Waals surface area contributed by atoms with Crippen LogP contribution in [0.15, 0.2) is 22.7 Å². The van der Waals surface area contributed by atoms with Crippen molar-refractivity contribution in [3.8, 4) is 0 Å². The lowest BCUT2D eigenvalue weighted by Crippen LogP contribution is -2.28. The van der Waals surface area contributed by atoms with Crippen LogP contribution in [0.3, 0.4) is 0 Å². The van der Waals surface area contributed by atoms with Crippen molar-refractivity contribution in [1.82, 2.24) is 5.43 Å². The number of anilines is 1. The standard InChI is InChI=1S/C12H18BrN3/c13-9-4-5-11(14)10(7-9)12(16-15)6-3-8-1-2-8/h4-5,7-8,12,16H,1-3,6,14-15H2. The molecule has 1 saturated carbocycles. The van der Waals surface area contributed by atoms with Crippen LogP contribution in [0.4, 0.5) is 5.69 Å². The van der Waals surface area contributed by atoms with Gasteiger partial charge < -0.3 is 5.73 Å². The highest BCUT2D eigenvalue weighted by Gasteiger charge is 2.23. The number of hydrogen-bond donors (Lipinski definition) is 3. The number of nitrogens with one attached hydrogen (secondary N) is 1. The zero-order valence-corrected chi connectivity index (χ0v) is 10.8. The third kappa shape index (κ3) is 2.97. The number of hydrogen-bond acceptors (Lipinski definition) is 3. The van der Waals surface area contributed by atoms with Crippen LogP contribution in [0.2, 0.25) is 0 Å². The summed E-state index contributed by atoms with van der Waals surface area (Å²) >= 11 is 3.46. The molecule has 0 bridgehead atoms. The highest BCUT2D eigenvalue weighted by molar-refractivity contribution is 9.10. The molecule has 16 heavy (non-hydrogen) atoms. The fraction of sp³-hybridized carbons (Fsp3) is 0.500. The van der Waals surface area contributed by atoms with Crippen molar-refractivity contribution in [2.24, 2.45) is 11.8 Å². The van der Waals surface area contributed by atoms with Crippen molar-refractivity contribution in [3.63, 3.8) is 0 Å². The summed E-state index contributed by atoms with van der Waals surface area (Å²) in [5, 5.41) is 0. The molecule has 2 rings (SSSR count). The molecule has 0 radical (unpaired) electrons. The van der Waals surface area contributed by atoms with E-state index in [9.17, 15) is 0 Å². The summed E-state index contributed by atoms with van der Waals surface area (Å²) in [5.41, 5.74) is 10.7. The monoisotopic (exact) mass is 283 g/mol. The van der Waals surface area contributed by atoms with Crippen LogP contribution in [0.5, 0.6) is 0 Å². The van der Waals surface area contributed by atoms with Crippen molar-refractivity contribution < 1.29 is 0 Å². The molecule has 1 unspecified atom stereocenters. The van der Waals surface area contributed by atoms with Gasteiger partial charge in [0.15, 0.2) is 0 Å². The van der Waals surface area contributed by atoms with Gasteiger partial charge in [0.1, 0.15) is 0 Å². The van der Waals surface area contributed by atoms with Gasteiger partial charge in [-0.3, -0.25) is 11.3 Å². The summed E-state index contributed by atoms with van der Waals surface area (Å²) in [6.07, 6.45) is 5.05. The van der Waals surface area contributed by atoms with Crippen molar-refractivity contribution >= 4 is 21.6 Å². The molecule has 5 N–H and O–H groups in total. The molecule has 0 aromatic heterocycles. The highest BCUT2D eigenvalue weighted by Crippen LogP contribution is 2.36. The zero-order valence-electron chi connectivity index (χ0n) is 9.25. The topological polar surface area (TPSA) is 64.1 Å². The first-order valence-electron chi connectivity index (χ1n) is 5.71. The molecule has 1 fully saturated rings. The molecular formula is C12H18BrN3. The summed E-state index contributed by atoms with van der Waals surface area (Å²) in [6, 6.07) is 6.08. The molecule has 4 heteroatoms. The van der Waals surface area contributed by atoms with E-state index < -0.39 is 0 Å². The van der Waals surface area contributed by atoms with E-state index in [1.165, 1.54) is 19.3 Å². The summed E-state index contributed by atoms with van der Waals surface area (Å²) in [5.74, 6) is 6.53. The first-order valence-corrected chi connectivity index (χ1v) is 6.51. The van der Waals surface area contributed by atoms with Crippen LogP contribution in [0.25, 0.3) is 0 Å².